The predicted octanol–water partition coefficient (Wildman–Crippen LogP) is 2.96. The fourth-order valence-corrected chi connectivity index (χ4v) is 3.58. The molecule has 1 aromatic carbocycles. The van der Waals surface area contributed by atoms with E-state index in [2.05, 4.69) is 5.16 Å². The van der Waals surface area contributed by atoms with Gasteiger partial charge in [-0.1, -0.05) is 17.3 Å². The fraction of sp³-hybridized carbons (Fsp3) is 0.429. The Morgan fingerprint density at radius 2 is 1.90 bits per heavy atom. The van der Waals surface area contributed by atoms with Gasteiger partial charge in [0.2, 0.25) is 5.76 Å². The molecule has 0 unspecified atom stereocenters. The maximum Gasteiger partial charge on any atom is 0.252 e. The van der Waals surface area contributed by atoms with Gasteiger partial charge in [0.1, 0.15) is 11.4 Å². The number of fused-ring (bicyclic) bond motifs is 1. The molecule has 30 heavy (non-hydrogen) atoms. The second kappa shape index (κ2) is 8.66. The molecular formula is C21H23NO8. The van der Waals surface area contributed by atoms with Crippen LogP contribution in [-0.2, 0) is 29.5 Å². The molecule has 2 heterocycles. The average molecular weight is 417 g/mol. The van der Waals surface area contributed by atoms with E-state index in [4.69, 9.17) is 32.9 Å². The van der Waals surface area contributed by atoms with Crippen molar-refractivity contribution in [3.8, 4) is 17.0 Å². The number of hydrogen-bond donors (Lipinski definition) is 0. The number of methoxy groups -OCH3 is 3. The molecule has 0 saturated carbocycles. The first-order valence-corrected chi connectivity index (χ1v) is 9.47. The Labute approximate surface area is 173 Å². The SMILES string of the molecule is COCOc1cccc(C2OCCCO2)c1-c1noc2c1C(=O)C=CC2(OC)OC. The minimum absolute atomic E-state index is 0.0107. The Balaban J connectivity index is 1.90. The molecule has 0 amide bonds. The van der Waals surface area contributed by atoms with Crippen molar-refractivity contribution in [3.05, 3.63) is 47.2 Å². The van der Waals surface area contributed by atoms with Crippen LogP contribution < -0.4 is 4.74 Å². The number of carbonyl (C=O) groups excluding carboxylic acids is 1. The molecule has 2 aromatic rings. The van der Waals surface area contributed by atoms with Crippen LogP contribution in [-0.4, -0.2) is 52.3 Å². The zero-order valence-corrected chi connectivity index (χ0v) is 17.0. The minimum Gasteiger partial charge on any atom is -0.467 e. The van der Waals surface area contributed by atoms with Crippen LogP contribution >= 0.6 is 0 Å². The zero-order chi connectivity index (χ0) is 21.1. The third-order valence-electron chi connectivity index (χ3n) is 5.02. The topological polar surface area (TPSA) is 98.5 Å². The molecule has 9 heteroatoms. The largest absolute Gasteiger partial charge is 0.467 e. The van der Waals surface area contributed by atoms with E-state index in [1.54, 1.807) is 6.07 Å². The molecule has 1 aliphatic carbocycles. The first kappa shape index (κ1) is 20.7. The van der Waals surface area contributed by atoms with E-state index in [-0.39, 0.29) is 29.6 Å². The smallest absolute Gasteiger partial charge is 0.252 e. The Morgan fingerprint density at radius 3 is 2.60 bits per heavy atom. The van der Waals surface area contributed by atoms with Crippen molar-refractivity contribution in [1.29, 1.82) is 0 Å². The van der Waals surface area contributed by atoms with E-state index in [9.17, 15) is 4.79 Å². The third-order valence-corrected chi connectivity index (χ3v) is 5.02. The summed E-state index contributed by atoms with van der Waals surface area (Å²) in [4.78, 5) is 12.8. The van der Waals surface area contributed by atoms with E-state index in [1.807, 2.05) is 12.1 Å². The molecule has 4 rings (SSSR count). The summed E-state index contributed by atoms with van der Waals surface area (Å²) in [5, 5.41) is 4.21. The van der Waals surface area contributed by atoms with E-state index >= 15 is 0 Å². The number of nitrogens with zero attached hydrogens (tertiary/aromatic N) is 1. The van der Waals surface area contributed by atoms with Crippen molar-refractivity contribution in [2.45, 2.75) is 18.5 Å². The van der Waals surface area contributed by atoms with E-state index in [0.717, 1.165) is 6.42 Å². The van der Waals surface area contributed by atoms with E-state index < -0.39 is 12.1 Å². The van der Waals surface area contributed by atoms with Gasteiger partial charge >= 0.3 is 0 Å². The molecule has 0 atom stereocenters. The quantitative estimate of drug-likeness (QED) is 0.630. The Bertz CT molecular complexity index is 940. The van der Waals surface area contributed by atoms with Gasteiger partial charge in [0, 0.05) is 26.9 Å². The van der Waals surface area contributed by atoms with Crippen LogP contribution in [0, 0.1) is 0 Å². The van der Waals surface area contributed by atoms with Crippen LogP contribution in [0.15, 0.2) is 34.9 Å². The monoisotopic (exact) mass is 417 g/mol. The summed E-state index contributed by atoms with van der Waals surface area (Å²) in [5.41, 5.74) is 1.71. The molecule has 0 spiro atoms. The summed E-state index contributed by atoms with van der Waals surface area (Å²) < 4.78 is 39.0. The number of aromatic nitrogens is 1. The molecule has 160 valence electrons. The predicted molar refractivity (Wildman–Crippen MR) is 103 cm³/mol. The highest BCUT2D eigenvalue weighted by molar-refractivity contribution is 6.11. The Morgan fingerprint density at radius 1 is 1.13 bits per heavy atom. The van der Waals surface area contributed by atoms with Gasteiger partial charge in [-0.3, -0.25) is 4.79 Å². The average Bonchev–Trinajstić information content (AvgIpc) is 3.25. The molecule has 0 bridgehead atoms. The lowest BCUT2D eigenvalue weighted by Gasteiger charge is -2.28. The molecule has 0 radical (unpaired) electrons. The van der Waals surface area contributed by atoms with Crippen LogP contribution in [0.4, 0.5) is 0 Å². The van der Waals surface area contributed by atoms with Crippen molar-refractivity contribution in [2.75, 3.05) is 41.3 Å². The van der Waals surface area contributed by atoms with E-state index in [0.29, 0.717) is 30.1 Å². The van der Waals surface area contributed by atoms with Crippen LogP contribution in [0.25, 0.3) is 11.3 Å². The molecular weight excluding hydrogens is 394 g/mol. The second-order valence-electron chi connectivity index (χ2n) is 6.71. The molecule has 9 nitrogen and oxygen atoms in total. The van der Waals surface area contributed by atoms with Crippen LogP contribution in [0.3, 0.4) is 0 Å². The lowest BCUT2D eigenvalue weighted by atomic mass is 9.91. The van der Waals surface area contributed by atoms with Crippen molar-refractivity contribution in [2.24, 2.45) is 0 Å². The van der Waals surface area contributed by atoms with Gasteiger partial charge in [-0.2, -0.15) is 0 Å². The lowest BCUT2D eigenvalue weighted by Crippen LogP contribution is -2.32. The second-order valence-corrected chi connectivity index (χ2v) is 6.71. The van der Waals surface area contributed by atoms with E-state index in [1.165, 1.54) is 33.5 Å². The maximum atomic E-state index is 12.8. The molecule has 0 N–H and O–H groups in total. The van der Waals surface area contributed by atoms with Gasteiger partial charge in [-0.25, -0.2) is 0 Å². The number of ketones is 1. The Kier molecular flexibility index (Phi) is 5.98. The highest BCUT2D eigenvalue weighted by Gasteiger charge is 2.44. The standard InChI is InChI=1S/C21H23NO8/c1-24-12-29-15-7-4-6-13(20-27-10-5-11-28-20)16(15)18-17-14(23)8-9-21(25-2,26-3)19(17)30-22-18/h4,6-9,20H,5,10-12H2,1-3H3. The minimum atomic E-state index is -1.35. The third kappa shape index (κ3) is 3.44. The van der Waals surface area contributed by atoms with Gasteiger partial charge in [-0.15, -0.1) is 0 Å². The first-order chi connectivity index (χ1) is 14.6. The molecule has 1 saturated heterocycles. The summed E-state index contributed by atoms with van der Waals surface area (Å²) in [6.45, 7) is 1.13. The van der Waals surface area contributed by atoms with Crippen molar-refractivity contribution in [1.82, 2.24) is 5.16 Å². The van der Waals surface area contributed by atoms with Crippen molar-refractivity contribution < 1.29 is 37.7 Å². The number of benzene rings is 1. The van der Waals surface area contributed by atoms with Crippen molar-refractivity contribution >= 4 is 5.78 Å². The lowest BCUT2D eigenvalue weighted by molar-refractivity contribution is -0.191. The van der Waals surface area contributed by atoms with Gasteiger partial charge < -0.3 is 32.9 Å². The zero-order valence-electron chi connectivity index (χ0n) is 17.0. The highest BCUT2D eigenvalue weighted by Crippen LogP contribution is 2.44. The van der Waals surface area contributed by atoms with Crippen LogP contribution in [0.5, 0.6) is 5.75 Å². The number of allylic oxidation sites excluding steroid dienone is 1. The Hall–Kier alpha value is -2.56. The highest BCUT2D eigenvalue weighted by atomic mass is 16.7. The normalized spacial score (nSPS) is 18.4. The summed E-state index contributed by atoms with van der Waals surface area (Å²) in [7, 11) is 4.44. The fourth-order valence-electron chi connectivity index (χ4n) is 3.58. The van der Waals surface area contributed by atoms with Crippen molar-refractivity contribution in [3.63, 3.8) is 0 Å². The van der Waals surface area contributed by atoms with Gasteiger partial charge in [0.15, 0.2) is 18.9 Å². The number of carbonyl (C=O) groups is 1. The van der Waals surface area contributed by atoms with Crippen LogP contribution in [0.1, 0.15) is 34.4 Å². The number of hydrogen-bond acceptors (Lipinski definition) is 9. The van der Waals surface area contributed by atoms with Gasteiger partial charge in [-0.05, 0) is 24.6 Å². The summed E-state index contributed by atoms with van der Waals surface area (Å²) in [5.74, 6) is -1.03. The van der Waals surface area contributed by atoms with Gasteiger partial charge in [0.05, 0.1) is 24.3 Å². The molecule has 1 fully saturated rings. The summed E-state index contributed by atoms with van der Waals surface area (Å²) in [6, 6.07) is 5.41. The van der Waals surface area contributed by atoms with Crippen LogP contribution in [0.2, 0.25) is 0 Å². The summed E-state index contributed by atoms with van der Waals surface area (Å²) >= 11 is 0. The molecule has 2 aliphatic rings. The molecule has 1 aromatic heterocycles. The molecule has 1 aliphatic heterocycles. The summed E-state index contributed by atoms with van der Waals surface area (Å²) in [6.07, 6.45) is 3.05. The number of rotatable bonds is 7. The first-order valence-electron chi connectivity index (χ1n) is 9.47. The van der Waals surface area contributed by atoms with Gasteiger partial charge in [0.25, 0.3) is 5.79 Å². The maximum absolute atomic E-state index is 12.8. The number of ether oxygens (including phenoxy) is 6.